The van der Waals surface area contributed by atoms with Crippen LogP contribution >= 0.6 is 0 Å². The zero-order valence-electron chi connectivity index (χ0n) is 12.8. The number of fused-ring (bicyclic) bond motifs is 1. The minimum Gasteiger partial charge on any atom is -0.390 e. The summed E-state index contributed by atoms with van der Waals surface area (Å²) in [5, 5.41) is 11.2. The van der Waals surface area contributed by atoms with Crippen molar-refractivity contribution in [2.75, 3.05) is 20.6 Å². The number of hydrogen-bond donors (Lipinski definition) is 1. The molecule has 0 aliphatic rings. The molecule has 0 fully saturated rings. The molecule has 22 heavy (non-hydrogen) atoms. The fraction of sp³-hybridized carbons (Fsp3) is 0.294. The standard InChI is InChI=1S/C17H20N4O/c1-20(2)11-15(22)12-21-9-8-19-17(21)14-5-6-16-13(10-14)4-3-7-18-16/h3-10,15,22H,11-12H2,1-2H3. The van der Waals surface area contributed by atoms with Gasteiger partial charge in [-0.3, -0.25) is 4.98 Å². The van der Waals surface area contributed by atoms with E-state index in [0.717, 1.165) is 22.3 Å². The molecule has 3 aromatic rings. The van der Waals surface area contributed by atoms with Crippen LogP contribution in [-0.4, -0.2) is 51.3 Å². The molecule has 5 nitrogen and oxygen atoms in total. The molecule has 0 aliphatic heterocycles. The highest BCUT2D eigenvalue weighted by Crippen LogP contribution is 2.22. The second-order valence-electron chi connectivity index (χ2n) is 5.73. The summed E-state index contributed by atoms with van der Waals surface area (Å²) in [6, 6.07) is 10.1. The lowest BCUT2D eigenvalue weighted by atomic mass is 10.1. The van der Waals surface area contributed by atoms with Crippen LogP contribution in [0.2, 0.25) is 0 Å². The van der Waals surface area contributed by atoms with Gasteiger partial charge in [-0.2, -0.15) is 0 Å². The molecule has 3 rings (SSSR count). The lowest BCUT2D eigenvalue weighted by Gasteiger charge is -2.17. The maximum atomic E-state index is 10.1. The number of aromatic nitrogens is 3. The summed E-state index contributed by atoms with van der Waals surface area (Å²) < 4.78 is 1.99. The number of benzene rings is 1. The summed E-state index contributed by atoms with van der Waals surface area (Å²) in [7, 11) is 3.91. The summed E-state index contributed by atoms with van der Waals surface area (Å²) >= 11 is 0. The fourth-order valence-corrected chi connectivity index (χ4v) is 2.64. The summed E-state index contributed by atoms with van der Waals surface area (Å²) in [5.74, 6) is 0.864. The molecule has 0 aliphatic carbocycles. The van der Waals surface area contributed by atoms with Gasteiger partial charge in [0.25, 0.3) is 0 Å². The molecule has 2 heterocycles. The van der Waals surface area contributed by atoms with Crippen molar-refractivity contribution in [1.82, 2.24) is 19.4 Å². The summed E-state index contributed by atoms with van der Waals surface area (Å²) in [6.07, 6.45) is 5.04. The van der Waals surface area contributed by atoms with Gasteiger partial charge in [-0.05, 0) is 38.4 Å². The molecule has 1 atom stereocenters. The Balaban J connectivity index is 1.89. The van der Waals surface area contributed by atoms with Gasteiger partial charge in [-0.15, -0.1) is 0 Å². The second kappa shape index (κ2) is 6.25. The van der Waals surface area contributed by atoms with Crippen molar-refractivity contribution in [1.29, 1.82) is 0 Å². The van der Waals surface area contributed by atoms with Gasteiger partial charge in [0.1, 0.15) is 5.82 Å². The predicted molar refractivity (Wildman–Crippen MR) is 87.5 cm³/mol. The van der Waals surface area contributed by atoms with Crippen molar-refractivity contribution < 1.29 is 5.11 Å². The largest absolute Gasteiger partial charge is 0.390 e. The summed E-state index contributed by atoms with van der Waals surface area (Å²) in [4.78, 5) is 10.8. The van der Waals surface area contributed by atoms with Crippen LogP contribution in [0.1, 0.15) is 0 Å². The Hall–Kier alpha value is -2.24. The van der Waals surface area contributed by atoms with Gasteiger partial charge in [0, 0.05) is 36.1 Å². The van der Waals surface area contributed by atoms with Crippen molar-refractivity contribution in [3.05, 3.63) is 48.9 Å². The molecule has 114 valence electrons. The molecule has 2 aromatic heterocycles. The third-order valence-corrected chi connectivity index (χ3v) is 3.56. The molecule has 0 spiro atoms. The number of imidazole rings is 1. The van der Waals surface area contributed by atoms with E-state index < -0.39 is 6.10 Å². The van der Waals surface area contributed by atoms with Crippen molar-refractivity contribution >= 4 is 10.9 Å². The van der Waals surface area contributed by atoms with E-state index >= 15 is 0 Å². The van der Waals surface area contributed by atoms with E-state index in [2.05, 4.69) is 16.0 Å². The highest BCUT2D eigenvalue weighted by Gasteiger charge is 2.11. The van der Waals surface area contributed by atoms with Crippen LogP contribution in [0.5, 0.6) is 0 Å². The molecule has 5 heteroatoms. The van der Waals surface area contributed by atoms with Crippen LogP contribution in [0.15, 0.2) is 48.9 Å². The average molecular weight is 296 g/mol. The minimum absolute atomic E-state index is 0.426. The van der Waals surface area contributed by atoms with E-state index in [-0.39, 0.29) is 0 Å². The molecule has 1 N–H and O–H groups in total. The summed E-state index contributed by atoms with van der Waals surface area (Å²) in [6.45, 7) is 1.15. The van der Waals surface area contributed by atoms with E-state index in [1.165, 1.54) is 0 Å². The van der Waals surface area contributed by atoms with Crippen molar-refractivity contribution in [3.63, 3.8) is 0 Å². The van der Waals surface area contributed by atoms with Gasteiger partial charge in [0.2, 0.25) is 0 Å². The first-order valence-electron chi connectivity index (χ1n) is 7.32. The number of aliphatic hydroxyl groups excluding tert-OH is 1. The molecule has 1 unspecified atom stereocenters. The number of rotatable bonds is 5. The van der Waals surface area contributed by atoms with Crippen molar-refractivity contribution in [2.24, 2.45) is 0 Å². The third-order valence-electron chi connectivity index (χ3n) is 3.56. The molecule has 0 bridgehead atoms. The van der Waals surface area contributed by atoms with Crippen LogP contribution in [0.4, 0.5) is 0 Å². The van der Waals surface area contributed by atoms with E-state index in [0.29, 0.717) is 13.1 Å². The van der Waals surface area contributed by atoms with Gasteiger partial charge in [-0.1, -0.05) is 6.07 Å². The second-order valence-corrected chi connectivity index (χ2v) is 5.73. The van der Waals surface area contributed by atoms with Gasteiger partial charge in [0.15, 0.2) is 0 Å². The van der Waals surface area contributed by atoms with E-state index in [9.17, 15) is 5.11 Å². The van der Waals surface area contributed by atoms with Crippen LogP contribution in [0, 0.1) is 0 Å². The van der Waals surface area contributed by atoms with E-state index in [1.807, 2.05) is 54.0 Å². The number of likely N-dealkylation sites (N-methyl/N-ethyl adjacent to an activating group) is 1. The van der Waals surface area contributed by atoms with E-state index in [1.54, 1.807) is 12.4 Å². The first-order chi connectivity index (χ1) is 10.6. The fourth-order valence-electron chi connectivity index (χ4n) is 2.64. The maximum Gasteiger partial charge on any atom is 0.139 e. The molecule has 0 saturated heterocycles. The Bertz CT molecular complexity index is 766. The first kappa shape index (κ1) is 14.7. The van der Waals surface area contributed by atoms with Crippen molar-refractivity contribution in [3.8, 4) is 11.4 Å². The van der Waals surface area contributed by atoms with Gasteiger partial charge >= 0.3 is 0 Å². The monoisotopic (exact) mass is 296 g/mol. The van der Waals surface area contributed by atoms with E-state index in [4.69, 9.17) is 0 Å². The Kier molecular flexibility index (Phi) is 4.18. The Labute approximate surface area is 129 Å². The third kappa shape index (κ3) is 3.16. The Morgan fingerprint density at radius 2 is 2.05 bits per heavy atom. The lowest BCUT2D eigenvalue weighted by Crippen LogP contribution is -2.29. The highest BCUT2D eigenvalue weighted by atomic mass is 16.3. The predicted octanol–water partition coefficient (Wildman–Crippen LogP) is 2.02. The smallest absolute Gasteiger partial charge is 0.139 e. The zero-order chi connectivity index (χ0) is 15.5. The minimum atomic E-state index is -0.426. The van der Waals surface area contributed by atoms with Crippen LogP contribution in [-0.2, 0) is 6.54 Å². The molecule has 0 radical (unpaired) electrons. The zero-order valence-corrected chi connectivity index (χ0v) is 12.8. The normalized spacial score (nSPS) is 12.9. The van der Waals surface area contributed by atoms with Crippen LogP contribution in [0.3, 0.4) is 0 Å². The van der Waals surface area contributed by atoms with Crippen molar-refractivity contribution in [2.45, 2.75) is 12.6 Å². The topological polar surface area (TPSA) is 54.2 Å². The summed E-state index contributed by atoms with van der Waals surface area (Å²) in [5.41, 5.74) is 2.00. The average Bonchev–Trinajstić information content (AvgIpc) is 2.94. The van der Waals surface area contributed by atoms with Gasteiger partial charge in [-0.25, -0.2) is 4.98 Å². The molecule has 0 saturated carbocycles. The number of hydrogen-bond acceptors (Lipinski definition) is 4. The van der Waals surface area contributed by atoms with Crippen LogP contribution in [0.25, 0.3) is 22.3 Å². The molecule has 0 amide bonds. The maximum absolute atomic E-state index is 10.1. The quantitative estimate of drug-likeness (QED) is 0.782. The number of pyridine rings is 1. The van der Waals surface area contributed by atoms with Crippen LogP contribution < -0.4 is 0 Å². The molecular formula is C17H20N4O. The van der Waals surface area contributed by atoms with Gasteiger partial charge < -0.3 is 14.6 Å². The van der Waals surface area contributed by atoms with Gasteiger partial charge in [0.05, 0.1) is 18.2 Å². The Morgan fingerprint density at radius 1 is 1.18 bits per heavy atom. The Morgan fingerprint density at radius 3 is 2.86 bits per heavy atom. The number of nitrogens with zero attached hydrogens (tertiary/aromatic N) is 4. The molecule has 1 aromatic carbocycles. The lowest BCUT2D eigenvalue weighted by molar-refractivity contribution is 0.120. The molecular weight excluding hydrogens is 276 g/mol. The number of aliphatic hydroxyl groups is 1. The highest BCUT2D eigenvalue weighted by molar-refractivity contribution is 5.83. The SMILES string of the molecule is CN(C)CC(O)Cn1ccnc1-c1ccc2ncccc2c1. The first-order valence-corrected chi connectivity index (χ1v) is 7.32.